The van der Waals surface area contributed by atoms with Crippen molar-refractivity contribution in [3.05, 3.63) is 35.4 Å². The first kappa shape index (κ1) is 15.5. The van der Waals surface area contributed by atoms with Crippen LogP contribution in [-0.2, 0) is 16.8 Å². The van der Waals surface area contributed by atoms with Gasteiger partial charge in [0.05, 0.1) is 6.61 Å². The van der Waals surface area contributed by atoms with E-state index in [-0.39, 0.29) is 5.41 Å². The summed E-state index contributed by atoms with van der Waals surface area (Å²) in [6.07, 6.45) is 5.15. The highest BCUT2D eigenvalue weighted by atomic mass is 16.5. The fourth-order valence-corrected chi connectivity index (χ4v) is 2.69. The van der Waals surface area contributed by atoms with Crippen LogP contribution in [-0.4, -0.2) is 19.2 Å². The van der Waals surface area contributed by atoms with E-state index < -0.39 is 0 Å². The molecular weight excluding hydrogens is 246 g/mol. The van der Waals surface area contributed by atoms with Crippen LogP contribution in [0.2, 0.25) is 0 Å². The third-order valence-electron chi connectivity index (χ3n) is 4.11. The molecule has 1 atom stereocenters. The Morgan fingerprint density at radius 3 is 2.50 bits per heavy atom. The molecule has 0 radical (unpaired) electrons. The molecule has 20 heavy (non-hydrogen) atoms. The smallest absolute Gasteiger partial charge is 0.0716 e. The number of nitrogens with one attached hydrogen (secondary N) is 1. The lowest BCUT2D eigenvalue weighted by Crippen LogP contribution is -2.34. The maximum Gasteiger partial charge on any atom is 0.0716 e. The number of rotatable bonds is 5. The average molecular weight is 275 g/mol. The maximum atomic E-state index is 5.81. The average Bonchev–Trinajstić information content (AvgIpc) is 2.44. The van der Waals surface area contributed by atoms with E-state index in [0.29, 0.717) is 6.04 Å². The number of hydrogen-bond donors (Lipinski definition) is 1. The van der Waals surface area contributed by atoms with E-state index >= 15 is 0 Å². The van der Waals surface area contributed by atoms with Crippen LogP contribution in [0, 0.1) is 0 Å². The quantitative estimate of drug-likeness (QED) is 0.819. The minimum atomic E-state index is 0.228. The zero-order valence-corrected chi connectivity index (χ0v) is 13.2. The summed E-state index contributed by atoms with van der Waals surface area (Å²) in [6, 6.07) is 9.51. The van der Waals surface area contributed by atoms with Crippen LogP contribution in [0.15, 0.2) is 24.3 Å². The zero-order valence-electron chi connectivity index (χ0n) is 13.2. The van der Waals surface area contributed by atoms with Crippen LogP contribution < -0.4 is 5.32 Å². The molecule has 0 spiro atoms. The van der Waals surface area contributed by atoms with E-state index in [1.54, 1.807) is 0 Å². The molecule has 1 heterocycles. The second-order valence-corrected chi connectivity index (χ2v) is 6.94. The molecular formula is C18H29NO. The van der Waals surface area contributed by atoms with E-state index in [4.69, 9.17) is 4.74 Å². The first-order chi connectivity index (χ1) is 9.55. The van der Waals surface area contributed by atoms with Gasteiger partial charge in [0.25, 0.3) is 0 Å². The second-order valence-electron chi connectivity index (χ2n) is 6.94. The molecule has 0 saturated carbocycles. The van der Waals surface area contributed by atoms with E-state index in [1.165, 1.54) is 36.9 Å². The Balaban J connectivity index is 1.68. The van der Waals surface area contributed by atoms with Gasteiger partial charge in [0.2, 0.25) is 0 Å². The molecule has 0 aliphatic carbocycles. The van der Waals surface area contributed by atoms with Crippen molar-refractivity contribution in [2.24, 2.45) is 0 Å². The van der Waals surface area contributed by atoms with E-state index in [9.17, 15) is 0 Å². The molecule has 2 rings (SSSR count). The van der Waals surface area contributed by atoms with Crippen molar-refractivity contribution in [2.75, 3.05) is 13.2 Å². The van der Waals surface area contributed by atoms with Crippen LogP contribution in [0.25, 0.3) is 0 Å². The van der Waals surface area contributed by atoms with Gasteiger partial charge in [-0.3, -0.25) is 0 Å². The highest BCUT2D eigenvalue weighted by Crippen LogP contribution is 2.22. The fourth-order valence-electron chi connectivity index (χ4n) is 2.69. The highest BCUT2D eigenvalue weighted by molar-refractivity contribution is 5.27. The van der Waals surface area contributed by atoms with Crippen molar-refractivity contribution in [1.82, 2.24) is 5.32 Å². The standard InChI is InChI=1S/C18H29NO/c1-18(2,3)16-9-7-15(8-10-16)14-20-13-11-17-6-4-5-12-19-17/h7-10,17,19H,4-6,11-14H2,1-3H3/t17-/m0/s1. The molecule has 112 valence electrons. The van der Waals surface area contributed by atoms with Gasteiger partial charge in [-0.2, -0.15) is 0 Å². The number of piperidine rings is 1. The maximum absolute atomic E-state index is 5.81. The second kappa shape index (κ2) is 7.24. The lowest BCUT2D eigenvalue weighted by atomic mass is 9.87. The molecule has 1 aliphatic rings. The number of benzene rings is 1. The molecule has 1 aromatic rings. The van der Waals surface area contributed by atoms with Gasteiger partial charge in [-0.05, 0) is 42.3 Å². The topological polar surface area (TPSA) is 21.3 Å². The summed E-state index contributed by atoms with van der Waals surface area (Å²) in [7, 11) is 0. The fraction of sp³-hybridized carbons (Fsp3) is 0.667. The van der Waals surface area contributed by atoms with Gasteiger partial charge >= 0.3 is 0 Å². The van der Waals surface area contributed by atoms with Crippen LogP contribution in [0.5, 0.6) is 0 Å². The molecule has 1 aromatic carbocycles. The van der Waals surface area contributed by atoms with E-state index in [0.717, 1.165) is 19.6 Å². The summed E-state index contributed by atoms with van der Waals surface area (Å²) in [4.78, 5) is 0. The zero-order chi connectivity index (χ0) is 14.4. The largest absolute Gasteiger partial charge is 0.377 e. The normalized spacial score (nSPS) is 20.1. The number of hydrogen-bond acceptors (Lipinski definition) is 2. The lowest BCUT2D eigenvalue weighted by Gasteiger charge is -2.23. The van der Waals surface area contributed by atoms with Crippen LogP contribution in [0.1, 0.15) is 57.6 Å². The molecule has 2 heteroatoms. The lowest BCUT2D eigenvalue weighted by molar-refractivity contribution is 0.108. The summed E-state index contributed by atoms with van der Waals surface area (Å²) in [5.74, 6) is 0. The van der Waals surface area contributed by atoms with Crippen LogP contribution in [0.4, 0.5) is 0 Å². The van der Waals surface area contributed by atoms with E-state index in [1.807, 2.05) is 0 Å². The van der Waals surface area contributed by atoms with Gasteiger partial charge in [-0.15, -0.1) is 0 Å². The molecule has 0 amide bonds. The summed E-state index contributed by atoms with van der Waals surface area (Å²) in [5, 5.41) is 3.56. The van der Waals surface area contributed by atoms with Crippen LogP contribution >= 0.6 is 0 Å². The van der Waals surface area contributed by atoms with Crippen molar-refractivity contribution in [2.45, 2.75) is 64.5 Å². The molecule has 1 aliphatic heterocycles. The van der Waals surface area contributed by atoms with Crippen molar-refractivity contribution >= 4 is 0 Å². The molecule has 0 bridgehead atoms. The first-order valence-corrected chi connectivity index (χ1v) is 7.96. The number of ether oxygens (including phenoxy) is 1. The summed E-state index contributed by atoms with van der Waals surface area (Å²) in [6.45, 7) is 9.51. The third-order valence-corrected chi connectivity index (χ3v) is 4.11. The van der Waals surface area contributed by atoms with Gasteiger partial charge in [-0.25, -0.2) is 0 Å². The predicted molar refractivity (Wildman–Crippen MR) is 85.1 cm³/mol. The predicted octanol–water partition coefficient (Wildman–Crippen LogP) is 4.03. The SMILES string of the molecule is CC(C)(C)c1ccc(COCC[C@@H]2CCCCN2)cc1. The minimum absolute atomic E-state index is 0.228. The van der Waals surface area contributed by atoms with E-state index in [2.05, 4.69) is 50.4 Å². The molecule has 1 N–H and O–H groups in total. The summed E-state index contributed by atoms with van der Waals surface area (Å²) < 4.78 is 5.81. The van der Waals surface area contributed by atoms with Gasteiger partial charge in [0.1, 0.15) is 0 Å². The Labute approximate surface area is 123 Å². The summed E-state index contributed by atoms with van der Waals surface area (Å²) >= 11 is 0. The highest BCUT2D eigenvalue weighted by Gasteiger charge is 2.13. The Morgan fingerprint density at radius 2 is 1.90 bits per heavy atom. The molecule has 0 unspecified atom stereocenters. The van der Waals surface area contributed by atoms with Gasteiger partial charge in [0, 0.05) is 12.6 Å². The molecule has 1 fully saturated rings. The van der Waals surface area contributed by atoms with Crippen molar-refractivity contribution in [1.29, 1.82) is 0 Å². The van der Waals surface area contributed by atoms with Crippen molar-refractivity contribution < 1.29 is 4.74 Å². The molecule has 2 nitrogen and oxygen atoms in total. The van der Waals surface area contributed by atoms with Crippen molar-refractivity contribution in [3.8, 4) is 0 Å². The monoisotopic (exact) mass is 275 g/mol. The molecule has 0 aromatic heterocycles. The van der Waals surface area contributed by atoms with Gasteiger partial charge in [-0.1, -0.05) is 51.5 Å². The Bertz CT molecular complexity index is 385. The Morgan fingerprint density at radius 1 is 1.15 bits per heavy atom. The Hall–Kier alpha value is -0.860. The van der Waals surface area contributed by atoms with Crippen LogP contribution in [0.3, 0.4) is 0 Å². The van der Waals surface area contributed by atoms with Gasteiger partial charge < -0.3 is 10.1 Å². The summed E-state index contributed by atoms with van der Waals surface area (Å²) in [5.41, 5.74) is 2.88. The van der Waals surface area contributed by atoms with Gasteiger partial charge in [0.15, 0.2) is 0 Å². The Kier molecular flexibility index (Phi) is 5.62. The molecule has 1 saturated heterocycles. The van der Waals surface area contributed by atoms with Crippen molar-refractivity contribution in [3.63, 3.8) is 0 Å². The third kappa shape index (κ3) is 4.92. The first-order valence-electron chi connectivity index (χ1n) is 7.96. The minimum Gasteiger partial charge on any atom is -0.377 e.